The number of carboxylic acid groups (broad SMARTS) is 1. The van der Waals surface area contributed by atoms with Crippen molar-refractivity contribution >= 4 is 85.7 Å². The molecular weight excluding hydrogens is 993 g/mol. The SMILES string of the molecule is Cc1cc(C)c(NS(=O)(=O)c2cccc(C(=O)O)c2)c(C)c1N=c1cc2oc3cc(Nc4c(C)cc(C)c(NS(=O)(=O)c5ccccc5)c4C)ccc3c(-c3ccccc3S(=O)(=O)O)c-2cc1S(=O)(=O)O. The lowest BCUT2D eigenvalue weighted by atomic mass is 9.93. The van der Waals surface area contributed by atoms with E-state index in [1.165, 1.54) is 67.6 Å². The van der Waals surface area contributed by atoms with Gasteiger partial charge in [0, 0.05) is 45.6 Å². The van der Waals surface area contributed by atoms with E-state index in [-0.39, 0.29) is 71.1 Å². The number of nitrogens with zero attached hydrogens (tertiary/aromatic N) is 1. The number of sulfonamides is 2. The molecular formula is C50H44N4O13S4. The van der Waals surface area contributed by atoms with Crippen LogP contribution in [0.2, 0.25) is 0 Å². The van der Waals surface area contributed by atoms with Gasteiger partial charge in [0.05, 0.1) is 37.8 Å². The monoisotopic (exact) mass is 1040 g/mol. The van der Waals surface area contributed by atoms with E-state index < -0.39 is 56.0 Å². The Bertz CT molecular complexity index is 4050. The van der Waals surface area contributed by atoms with E-state index in [1.54, 1.807) is 70.2 Å². The summed E-state index contributed by atoms with van der Waals surface area (Å²) in [6.45, 7) is 10.2. The van der Waals surface area contributed by atoms with Gasteiger partial charge < -0.3 is 14.8 Å². The van der Waals surface area contributed by atoms with Crippen LogP contribution in [-0.2, 0) is 40.3 Å². The Morgan fingerprint density at radius 2 is 1.13 bits per heavy atom. The van der Waals surface area contributed by atoms with Crippen molar-refractivity contribution in [1.29, 1.82) is 0 Å². The summed E-state index contributed by atoms with van der Waals surface area (Å²) >= 11 is 0. The molecule has 0 saturated heterocycles. The predicted octanol–water partition coefficient (Wildman–Crippen LogP) is 9.82. The van der Waals surface area contributed by atoms with Gasteiger partial charge in [0.2, 0.25) is 0 Å². The van der Waals surface area contributed by atoms with Crippen molar-refractivity contribution < 1.29 is 57.1 Å². The van der Waals surface area contributed by atoms with Gasteiger partial charge in [-0.25, -0.2) is 26.6 Å². The third-order valence-electron chi connectivity index (χ3n) is 11.8. The number of aromatic carboxylic acids is 1. The second kappa shape index (κ2) is 18.4. The van der Waals surface area contributed by atoms with Crippen molar-refractivity contribution in [2.75, 3.05) is 14.8 Å². The van der Waals surface area contributed by atoms with E-state index >= 15 is 0 Å². The molecule has 0 amide bonds. The lowest BCUT2D eigenvalue weighted by Gasteiger charge is -2.21. The molecule has 2 aliphatic rings. The highest BCUT2D eigenvalue weighted by molar-refractivity contribution is 7.93. The topological polar surface area (TPSA) is 276 Å². The van der Waals surface area contributed by atoms with Gasteiger partial charge in [0.15, 0.2) is 0 Å². The van der Waals surface area contributed by atoms with Crippen LogP contribution in [0.5, 0.6) is 0 Å². The van der Waals surface area contributed by atoms with Gasteiger partial charge in [-0.3, -0.25) is 18.5 Å². The summed E-state index contributed by atoms with van der Waals surface area (Å²) in [6, 6.07) is 28.6. The first-order valence-corrected chi connectivity index (χ1v) is 27.2. The van der Waals surface area contributed by atoms with Crippen LogP contribution in [-0.4, -0.2) is 53.9 Å². The van der Waals surface area contributed by atoms with Crippen LogP contribution in [0, 0.1) is 41.5 Å². The Balaban J connectivity index is 1.34. The van der Waals surface area contributed by atoms with Crippen LogP contribution >= 0.6 is 0 Å². The average Bonchev–Trinajstić information content (AvgIpc) is 3.30. The standard InChI is InChI=1S/C50H44N4O13S4/c1-27-21-29(3)48(53-68(57,58)35-14-8-7-9-15-35)31(5)46(27)51-34-19-20-37-41(24-34)67-42-26-40(44(71(64,65)66)25-39(42)45(37)38-17-10-11-18-43(38)70(61,62)63)52-47-28(2)22-30(4)49(32(47)6)54-69(59,60)36-16-12-13-33(23-36)50(55)56/h7-26,51,53-54H,1-6H3,(H,55,56)(H,61,62,63)(H,64,65,66). The van der Waals surface area contributed by atoms with E-state index in [4.69, 9.17) is 4.42 Å². The molecule has 21 heteroatoms. The molecule has 0 aromatic heterocycles. The van der Waals surface area contributed by atoms with Gasteiger partial charge in [-0.2, -0.15) is 16.8 Å². The van der Waals surface area contributed by atoms with E-state index in [0.29, 0.717) is 39.3 Å². The molecule has 17 nitrogen and oxygen atoms in total. The van der Waals surface area contributed by atoms with Crippen molar-refractivity contribution in [3.63, 3.8) is 0 Å². The third-order valence-corrected chi connectivity index (χ3v) is 16.3. The van der Waals surface area contributed by atoms with E-state index in [0.717, 1.165) is 17.7 Å². The van der Waals surface area contributed by atoms with Gasteiger partial charge in [-0.15, -0.1) is 0 Å². The molecule has 1 aliphatic heterocycles. The molecule has 6 aromatic rings. The van der Waals surface area contributed by atoms with Crippen LogP contribution < -0.4 is 20.1 Å². The summed E-state index contributed by atoms with van der Waals surface area (Å²) in [5, 5.41) is 12.7. The number of rotatable bonds is 13. The van der Waals surface area contributed by atoms with Crippen molar-refractivity contribution in [3.05, 3.63) is 166 Å². The second-order valence-corrected chi connectivity index (χ2v) is 22.9. The summed E-state index contributed by atoms with van der Waals surface area (Å²) in [5.74, 6) is -1.40. The van der Waals surface area contributed by atoms with Gasteiger partial charge in [0.1, 0.15) is 21.1 Å². The van der Waals surface area contributed by atoms with Gasteiger partial charge >= 0.3 is 5.97 Å². The minimum atomic E-state index is -5.15. The Morgan fingerprint density at radius 3 is 1.77 bits per heavy atom. The minimum Gasteiger partial charge on any atom is -0.478 e. The number of anilines is 4. The largest absolute Gasteiger partial charge is 0.478 e. The molecule has 0 unspecified atom stereocenters. The summed E-state index contributed by atoms with van der Waals surface area (Å²) < 4.78 is 140. The summed E-state index contributed by atoms with van der Waals surface area (Å²) in [4.78, 5) is 14.8. The molecule has 0 atom stereocenters. The zero-order valence-electron chi connectivity index (χ0n) is 38.6. The quantitative estimate of drug-likeness (QED) is 0.0463. The highest BCUT2D eigenvalue weighted by Gasteiger charge is 2.28. The van der Waals surface area contributed by atoms with Crippen molar-refractivity contribution in [2.45, 2.75) is 61.1 Å². The fourth-order valence-electron chi connectivity index (χ4n) is 8.55. The summed E-state index contributed by atoms with van der Waals surface area (Å²) in [7, 11) is -18.4. The normalized spacial score (nSPS) is 12.6. The lowest BCUT2D eigenvalue weighted by Crippen LogP contribution is -2.17. The fraction of sp³-hybridized carbons (Fsp3) is 0.120. The number of aryl methyl sites for hydroxylation is 4. The second-order valence-electron chi connectivity index (χ2n) is 16.8. The minimum absolute atomic E-state index is 0.0177. The van der Waals surface area contributed by atoms with E-state index in [9.17, 15) is 52.7 Å². The maximum absolute atomic E-state index is 13.7. The average molecular weight is 1040 g/mol. The number of benzene rings is 7. The zero-order valence-corrected chi connectivity index (χ0v) is 41.8. The molecule has 0 saturated carbocycles. The molecule has 6 N–H and O–H groups in total. The Morgan fingerprint density at radius 1 is 0.549 bits per heavy atom. The Labute approximate surface area is 409 Å². The van der Waals surface area contributed by atoms with Gasteiger partial charge in [-0.1, -0.05) is 54.6 Å². The Kier molecular flexibility index (Phi) is 13.0. The summed E-state index contributed by atoms with van der Waals surface area (Å²) in [5.41, 5.74) is 4.48. The first-order valence-electron chi connectivity index (χ1n) is 21.3. The number of hydrogen-bond donors (Lipinski definition) is 6. The Hall–Kier alpha value is -7.40. The number of hydrogen-bond acceptors (Lipinski definition) is 12. The third kappa shape index (κ3) is 9.87. The number of carboxylic acids is 1. The molecule has 1 aliphatic carbocycles. The van der Waals surface area contributed by atoms with Crippen molar-refractivity contribution in [2.24, 2.45) is 4.99 Å². The molecule has 0 bridgehead atoms. The maximum Gasteiger partial charge on any atom is 0.335 e. The maximum atomic E-state index is 13.7. The number of fused-ring (bicyclic) bond motifs is 2. The molecule has 6 aromatic carbocycles. The zero-order chi connectivity index (χ0) is 51.5. The lowest BCUT2D eigenvalue weighted by molar-refractivity contribution is 0.0696. The highest BCUT2D eigenvalue weighted by Crippen LogP contribution is 2.45. The molecule has 0 spiro atoms. The first-order chi connectivity index (χ1) is 33.2. The molecule has 8 rings (SSSR count). The van der Waals surface area contributed by atoms with Crippen molar-refractivity contribution in [1.82, 2.24) is 0 Å². The van der Waals surface area contributed by atoms with Crippen molar-refractivity contribution in [3.8, 4) is 22.5 Å². The van der Waals surface area contributed by atoms with Crippen LogP contribution in [0.4, 0.5) is 28.4 Å². The van der Waals surface area contributed by atoms with Crippen LogP contribution in [0.3, 0.4) is 0 Å². The van der Waals surface area contributed by atoms with E-state index in [2.05, 4.69) is 19.8 Å². The van der Waals surface area contributed by atoms with Gasteiger partial charge in [-0.05, 0) is 130 Å². The summed E-state index contributed by atoms with van der Waals surface area (Å²) in [6.07, 6.45) is 0. The van der Waals surface area contributed by atoms with Gasteiger partial charge in [0.25, 0.3) is 40.3 Å². The predicted molar refractivity (Wildman–Crippen MR) is 269 cm³/mol. The molecule has 0 radical (unpaired) electrons. The van der Waals surface area contributed by atoms with Crippen LogP contribution in [0.1, 0.15) is 43.7 Å². The number of nitrogens with one attached hydrogen (secondary N) is 3. The first kappa shape index (κ1) is 50.0. The molecule has 71 heavy (non-hydrogen) atoms. The smallest absolute Gasteiger partial charge is 0.335 e. The fourth-order valence-corrected chi connectivity index (χ4v) is 12.3. The molecule has 0 fully saturated rings. The number of carbonyl (C=O) groups is 1. The molecule has 366 valence electrons. The highest BCUT2D eigenvalue weighted by atomic mass is 32.2. The molecule has 1 heterocycles. The van der Waals surface area contributed by atoms with E-state index in [1.807, 2.05) is 13.0 Å². The van der Waals surface area contributed by atoms with Crippen LogP contribution in [0.15, 0.2) is 150 Å². The van der Waals surface area contributed by atoms with Crippen LogP contribution in [0.25, 0.3) is 33.4 Å².